The van der Waals surface area contributed by atoms with Gasteiger partial charge in [0.15, 0.2) is 0 Å². The summed E-state index contributed by atoms with van der Waals surface area (Å²) in [5.41, 5.74) is 5.55. The number of hydrogen-bond donors (Lipinski definition) is 0. The molecule has 0 amide bonds. The van der Waals surface area contributed by atoms with E-state index in [1.807, 2.05) is 43.5 Å². The third-order valence-corrected chi connectivity index (χ3v) is 5.03. The molecule has 0 aliphatic rings. The SMILES string of the molecule is Cc1cc(-c2ccc(CC(=O)CC(C)c3cccc(Br)c3)cc2)ccn1. The Morgan fingerprint density at radius 2 is 1.81 bits per heavy atom. The molecule has 0 aliphatic heterocycles. The van der Waals surface area contributed by atoms with E-state index < -0.39 is 0 Å². The first kappa shape index (κ1) is 18.5. The molecular weight excluding hydrogens is 386 g/mol. The number of benzene rings is 2. The van der Waals surface area contributed by atoms with Crippen molar-refractivity contribution < 1.29 is 4.79 Å². The molecule has 0 radical (unpaired) electrons. The first-order valence-corrected chi connectivity index (χ1v) is 9.59. The Kier molecular flexibility index (Phi) is 6.00. The van der Waals surface area contributed by atoms with Crippen molar-refractivity contribution in [2.45, 2.75) is 32.6 Å². The van der Waals surface area contributed by atoms with Crippen molar-refractivity contribution >= 4 is 21.7 Å². The summed E-state index contributed by atoms with van der Waals surface area (Å²) in [7, 11) is 0. The second kappa shape index (κ2) is 8.41. The first-order valence-electron chi connectivity index (χ1n) is 8.80. The van der Waals surface area contributed by atoms with E-state index in [2.05, 4.69) is 58.2 Å². The minimum absolute atomic E-state index is 0.221. The lowest BCUT2D eigenvalue weighted by molar-refractivity contribution is -0.118. The van der Waals surface area contributed by atoms with E-state index in [1.165, 1.54) is 5.56 Å². The Balaban J connectivity index is 1.62. The van der Waals surface area contributed by atoms with Crippen molar-refractivity contribution in [2.75, 3.05) is 0 Å². The number of carbonyl (C=O) groups excluding carboxylic acids is 1. The maximum atomic E-state index is 12.5. The van der Waals surface area contributed by atoms with Crippen molar-refractivity contribution in [3.8, 4) is 11.1 Å². The molecule has 132 valence electrons. The second-order valence-corrected chi connectivity index (χ2v) is 7.67. The van der Waals surface area contributed by atoms with E-state index in [0.717, 1.165) is 26.9 Å². The maximum absolute atomic E-state index is 12.5. The molecule has 0 saturated carbocycles. The highest BCUT2D eigenvalue weighted by Gasteiger charge is 2.12. The summed E-state index contributed by atoms with van der Waals surface area (Å²) in [6.07, 6.45) is 2.86. The summed E-state index contributed by atoms with van der Waals surface area (Å²) in [6.45, 7) is 4.09. The number of carbonyl (C=O) groups is 1. The topological polar surface area (TPSA) is 30.0 Å². The van der Waals surface area contributed by atoms with Crippen LogP contribution in [0, 0.1) is 6.92 Å². The molecule has 1 atom stereocenters. The van der Waals surface area contributed by atoms with Gasteiger partial charge in [0.2, 0.25) is 0 Å². The Morgan fingerprint density at radius 3 is 2.50 bits per heavy atom. The van der Waals surface area contributed by atoms with Crippen LogP contribution in [0.5, 0.6) is 0 Å². The molecule has 0 bridgehead atoms. The van der Waals surface area contributed by atoms with Gasteiger partial charge in [0, 0.05) is 29.2 Å². The van der Waals surface area contributed by atoms with Crippen molar-refractivity contribution in [3.05, 3.63) is 88.2 Å². The van der Waals surface area contributed by atoms with Gasteiger partial charge < -0.3 is 0 Å². The first-order chi connectivity index (χ1) is 12.5. The number of halogens is 1. The Labute approximate surface area is 163 Å². The monoisotopic (exact) mass is 407 g/mol. The van der Waals surface area contributed by atoms with E-state index in [-0.39, 0.29) is 11.7 Å². The van der Waals surface area contributed by atoms with Crippen LogP contribution in [-0.2, 0) is 11.2 Å². The Morgan fingerprint density at radius 1 is 1.04 bits per heavy atom. The van der Waals surface area contributed by atoms with E-state index in [0.29, 0.717) is 12.8 Å². The molecular formula is C23H22BrNO. The summed E-state index contributed by atoms with van der Waals surface area (Å²) >= 11 is 3.49. The molecule has 3 rings (SSSR count). The van der Waals surface area contributed by atoms with Crippen LogP contribution >= 0.6 is 15.9 Å². The molecule has 1 unspecified atom stereocenters. The smallest absolute Gasteiger partial charge is 0.137 e. The minimum Gasteiger partial charge on any atom is -0.299 e. The van der Waals surface area contributed by atoms with Crippen LogP contribution in [0.2, 0.25) is 0 Å². The zero-order valence-corrected chi connectivity index (χ0v) is 16.7. The second-order valence-electron chi connectivity index (χ2n) is 6.76. The minimum atomic E-state index is 0.221. The predicted octanol–water partition coefficient (Wildman–Crippen LogP) is 6.12. The fourth-order valence-corrected chi connectivity index (χ4v) is 3.53. The molecule has 1 aromatic heterocycles. The van der Waals surface area contributed by atoms with E-state index in [4.69, 9.17) is 0 Å². The lowest BCUT2D eigenvalue weighted by atomic mass is 9.93. The summed E-state index contributed by atoms with van der Waals surface area (Å²) in [5.74, 6) is 0.490. The molecule has 0 saturated heterocycles. The lowest BCUT2D eigenvalue weighted by Gasteiger charge is -2.12. The normalized spacial score (nSPS) is 12.0. The Bertz CT molecular complexity index is 902. The highest BCUT2D eigenvalue weighted by molar-refractivity contribution is 9.10. The number of ketones is 1. The van der Waals surface area contributed by atoms with Crippen LogP contribution in [0.25, 0.3) is 11.1 Å². The quantitative estimate of drug-likeness (QED) is 0.492. The average Bonchev–Trinajstić information content (AvgIpc) is 2.62. The van der Waals surface area contributed by atoms with Crippen molar-refractivity contribution in [3.63, 3.8) is 0 Å². The summed E-state index contributed by atoms with van der Waals surface area (Å²) in [6, 6.07) is 20.5. The largest absolute Gasteiger partial charge is 0.299 e. The molecule has 2 nitrogen and oxygen atoms in total. The molecule has 3 heteroatoms. The molecule has 0 N–H and O–H groups in total. The van der Waals surface area contributed by atoms with Crippen LogP contribution < -0.4 is 0 Å². The van der Waals surface area contributed by atoms with Gasteiger partial charge in [-0.15, -0.1) is 0 Å². The van der Waals surface area contributed by atoms with Gasteiger partial charge in [-0.1, -0.05) is 59.3 Å². The Hall–Kier alpha value is -2.26. The van der Waals surface area contributed by atoms with Crippen LogP contribution in [0.1, 0.15) is 36.1 Å². The number of Topliss-reactive ketones (excluding diaryl/α,β-unsaturated/α-hetero) is 1. The van der Waals surface area contributed by atoms with Crippen LogP contribution in [0.15, 0.2) is 71.3 Å². The van der Waals surface area contributed by atoms with Crippen molar-refractivity contribution in [1.82, 2.24) is 4.98 Å². The van der Waals surface area contributed by atoms with Gasteiger partial charge in [0.25, 0.3) is 0 Å². The summed E-state index contributed by atoms with van der Waals surface area (Å²) in [5, 5.41) is 0. The van der Waals surface area contributed by atoms with Crippen molar-refractivity contribution in [2.24, 2.45) is 0 Å². The molecule has 0 spiro atoms. The van der Waals surface area contributed by atoms with Gasteiger partial charge in [0.05, 0.1) is 0 Å². The number of nitrogens with zero attached hydrogens (tertiary/aromatic N) is 1. The number of rotatable bonds is 6. The molecule has 0 fully saturated rings. The molecule has 2 aromatic carbocycles. The number of aryl methyl sites for hydroxylation is 1. The standard InChI is InChI=1S/C23H22BrNO/c1-16(20-4-3-5-22(24)15-20)12-23(26)14-18-6-8-19(9-7-18)21-10-11-25-17(2)13-21/h3-11,13,15-16H,12,14H2,1-2H3. The fraction of sp³-hybridized carbons (Fsp3) is 0.217. The van der Waals surface area contributed by atoms with Gasteiger partial charge in [-0.05, 0) is 59.4 Å². The van der Waals surface area contributed by atoms with Crippen LogP contribution in [0.3, 0.4) is 0 Å². The van der Waals surface area contributed by atoms with Crippen molar-refractivity contribution in [1.29, 1.82) is 0 Å². The number of pyridine rings is 1. The van der Waals surface area contributed by atoms with Gasteiger partial charge in [-0.2, -0.15) is 0 Å². The molecule has 26 heavy (non-hydrogen) atoms. The lowest BCUT2D eigenvalue weighted by Crippen LogP contribution is -2.07. The maximum Gasteiger partial charge on any atom is 0.137 e. The van der Waals surface area contributed by atoms with E-state index in [9.17, 15) is 4.79 Å². The third-order valence-electron chi connectivity index (χ3n) is 4.54. The third kappa shape index (κ3) is 4.89. The van der Waals surface area contributed by atoms with Crippen LogP contribution in [-0.4, -0.2) is 10.8 Å². The van der Waals surface area contributed by atoms with Crippen LogP contribution in [0.4, 0.5) is 0 Å². The van der Waals surface area contributed by atoms with E-state index in [1.54, 1.807) is 0 Å². The molecule has 1 heterocycles. The zero-order chi connectivity index (χ0) is 18.5. The highest BCUT2D eigenvalue weighted by atomic mass is 79.9. The number of aromatic nitrogens is 1. The molecule has 0 aliphatic carbocycles. The van der Waals surface area contributed by atoms with E-state index >= 15 is 0 Å². The predicted molar refractivity (Wildman–Crippen MR) is 110 cm³/mol. The zero-order valence-electron chi connectivity index (χ0n) is 15.1. The highest BCUT2D eigenvalue weighted by Crippen LogP contribution is 2.24. The summed E-state index contributed by atoms with van der Waals surface area (Å²) in [4.78, 5) is 16.7. The summed E-state index contributed by atoms with van der Waals surface area (Å²) < 4.78 is 1.05. The van der Waals surface area contributed by atoms with Gasteiger partial charge in [0.1, 0.15) is 5.78 Å². The fourth-order valence-electron chi connectivity index (χ4n) is 3.11. The van der Waals surface area contributed by atoms with Gasteiger partial charge in [-0.25, -0.2) is 0 Å². The number of hydrogen-bond acceptors (Lipinski definition) is 2. The van der Waals surface area contributed by atoms with Gasteiger partial charge in [-0.3, -0.25) is 9.78 Å². The van der Waals surface area contributed by atoms with Gasteiger partial charge >= 0.3 is 0 Å². The molecule has 3 aromatic rings. The average molecular weight is 408 g/mol.